The van der Waals surface area contributed by atoms with Crippen LogP contribution in [0.3, 0.4) is 0 Å². The molecule has 0 aromatic rings. The maximum Gasteiger partial charge on any atom is 0.335 e. The Morgan fingerprint density at radius 1 is 1.82 bits per heavy atom. The second-order valence-electron chi connectivity index (χ2n) is 2.60. The Bertz CT molecular complexity index is 137. The molecule has 0 saturated carbocycles. The standard InChI is InChI=1S/C7H12O4/c1-5(8)7(9)11-6-2-3-10-4-6/h5-6,8H,2-4H2,1H3/t5-,6-/m0/s1. The first kappa shape index (κ1) is 8.49. The number of ether oxygens (including phenoxy) is 2. The van der Waals surface area contributed by atoms with Gasteiger partial charge in [0.1, 0.15) is 12.2 Å². The highest BCUT2D eigenvalue weighted by Gasteiger charge is 2.21. The Balaban J connectivity index is 2.24. The van der Waals surface area contributed by atoms with Crippen LogP contribution in [0.2, 0.25) is 0 Å². The maximum absolute atomic E-state index is 10.8. The van der Waals surface area contributed by atoms with Gasteiger partial charge in [0.05, 0.1) is 13.2 Å². The quantitative estimate of drug-likeness (QED) is 0.563. The normalized spacial score (nSPS) is 26.5. The van der Waals surface area contributed by atoms with Crippen molar-refractivity contribution in [2.45, 2.75) is 25.6 Å². The minimum absolute atomic E-state index is 0.155. The van der Waals surface area contributed by atoms with Crippen LogP contribution in [-0.4, -0.2) is 36.5 Å². The van der Waals surface area contributed by atoms with E-state index in [1.807, 2.05) is 0 Å². The number of rotatable bonds is 2. The first-order valence-electron chi connectivity index (χ1n) is 3.66. The maximum atomic E-state index is 10.8. The van der Waals surface area contributed by atoms with Crippen molar-refractivity contribution >= 4 is 5.97 Å². The molecule has 4 nitrogen and oxygen atoms in total. The highest BCUT2D eigenvalue weighted by atomic mass is 16.6. The van der Waals surface area contributed by atoms with Crippen molar-refractivity contribution in [2.75, 3.05) is 13.2 Å². The highest BCUT2D eigenvalue weighted by Crippen LogP contribution is 2.08. The zero-order valence-corrected chi connectivity index (χ0v) is 6.45. The second kappa shape index (κ2) is 3.69. The van der Waals surface area contributed by atoms with Crippen LogP contribution in [0.4, 0.5) is 0 Å². The molecule has 1 N–H and O–H groups in total. The molecule has 0 amide bonds. The van der Waals surface area contributed by atoms with Crippen molar-refractivity contribution in [1.82, 2.24) is 0 Å². The molecule has 0 unspecified atom stereocenters. The fourth-order valence-corrected chi connectivity index (χ4v) is 0.869. The molecule has 1 aliphatic rings. The van der Waals surface area contributed by atoms with Crippen LogP contribution in [0.5, 0.6) is 0 Å². The van der Waals surface area contributed by atoms with Gasteiger partial charge < -0.3 is 14.6 Å². The summed E-state index contributed by atoms with van der Waals surface area (Å²) in [5.41, 5.74) is 0. The lowest BCUT2D eigenvalue weighted by atomic mass is 10.3. The molecule has 0 aromatic carbocycles. The lowest BCUT2D eigenvalue weighted by molar-refractivity contribution is -0.157. The lowest BCUT2D eigenvalue weighted by Crippen LogP contribution is -2.25. The molecule has 1 saturated heterocycles. The number of aliphatic hydroxyl groups excluding tert-OH is 1. The molecule has 1 fully saturated rings. The van der Waals surface area contributed by atoms with E-state index in [9.17, 15) is 4.79 Å². The van der Waals surface area contributed by atoms with Crippen LogP contribution < -0.4 is 0 Å². The van der Waals surface area contributed by atoms with Gasteiger partial charge in [0, 0.05) is 6.42 Å². The Hall–Kier alpha value is -0.610. The van der Waals surface area contributed by atoms with Crippen LogP contribution in [0.25, 0.3) is 0 Å². The van der Waals surface area contributed by atoms with Crippen molar-refractivity contribution < 1.29 is 19.4 Å². The van der Waals surface area contributed by atoms with E-state index in [1.165, 1.54) is 6.92 Å². The van der Waals surface area contributed by atoms with E-state index in [1.54, 1.807) is 0 Å². The summed E-state index contributed by atoms with van der Waals surface area (Å²) in [4.78, 5) is 10.8. The smallest absolute Gasteiger partial charge is 0.335 e. The molecule has 1 rings (SSSR count). The number of hydrogen-bond acceptors (Lipinski definition) is 4. The first-order valence-corrected chi connectivity index (χ1v) is 3.66. The zero-order valence-electron chi connectivity index (χ0n) is 6.45. The second-order valence-corrected chi connectivity index (χ2v) is 2.60. The molecule has 2 atom stereocenters. The van der Waals surface area contributed by atoms with Gasteiger partial charge >= 0.3 is 5.97 Å². The van der Waals surface area contributed by atoms with E-state index in [0.29, 0.717) is 13.2 Å². The van der Waals surface area contributed by atoms with Gasteiger partial charge in [-0.2, -0.15) is 0 Å². The predicted molar refractivity (Wildman–Crippen MR) is 37.0 cm³/mol. The minimum atomic E-state index is -1.03. The van der Waals surface area contributed by atoms with Crippen LogP contribution >= 0.6 is 0 Å². The molecule has 0 radical (unpaired) electrons. The summed E-state index contributed by atoms with van der Waals surface area (Å²) in [5.74, 6) is -0.569. The molecular formula is C7H12O4. The van der Waals surface area contributed by atoms with Gasteiger partial charge in [-0.05, 0) is 6.92 Å². The fourth-order valence-electron chi connectivity index (χ4n) is 0.869. The molecule has 0 bridgehead atoms. The highest BCUT2D eigenvalue weighted by molar-refractivity contribution is 5.73. The molecule has 0 spiro atoms. The van der Waals surface area contributed by atoms with Gasteiger partial charge in [-0.1, -0.05) is 0 Å². The summed E-state index contributed by atoms with van der Waals surface area (Å²) in [6.07, 6.45) is -0.453. The van der Waals surface area contributed by atoms with Gasteiger partial charge in [-0.3, -0.25) is 0 Å². The number of carbonyl (C=O) groups excluding carboxylic acids is 1. The van der Waals surface area contributed by atoms with E-state index >= 15 is 0 Å². The Labute approximate surface area is 65.1 Å². The van der Waals surface area contributed by atoms with Crippen LogP contribution in [0.15, 0.2) is 0 Å². The topological polar surface area (TPSA) is 55.8 Å². The summed E-state index contributed by atoms with van der Waals surface area (Å²) < 4.78 is 9.84. The third-order valence-electron chi connectivity index (χ3n) is 1.51. The van der Waals surface area contributed by atoms with Gasteiger partial charge in [0.25, 0.3) is 0 Å². The Morgan fingerprint density at radius 2 is 2.55 bits per heavy atom. The van der Waals surface area contributed by atoms with E-state index < -0.39 is 12.1 Å². The Kier molecular flexibility index (Phi) is 2.84. The molecule has 0 aliphatic carbocycles. The van der Waals surface area contributed by atoms with Crippen molar-refractivity contribution in [1.29, 1.82) is 0 Å². The molecule has 1 aliphatic heterocycles. The predicted octanol–water partition coefficient (Wildman–Crippen LogP) is -0.301. The van der Waals surface area contributed by atoms with E-state index in [2.05, 4.69) is 0 Å². The van der Waals surface area contributed by atoms with Gasteiger partial charge in [0.2, 0.25) is 0 Å². The van der Waals surface area contributed by atoms with Gasteiger partial charge in [-0.15, -0.1) is 0 Å². The van der Waals surface area contributed by atoms with E-state index in [4.69, 9.17) is 14.6 Å². The SMILES string of the molecule is C[C@H](O)C(=O)O[C@H]1CCOC1. The number of carbonyl (C=O) groups is 1. The van der Waals surface area contributed by atoms with E-state index in [0.717, 1.165) is 6.42 Å². The third kappa shape index (κ3) is 2.48. The summed E-state index contributed by atoms with van der Waals surface area (Å²) in [6.45, 7) is 2.48. The first-order chi connectivity index (χ1) is 5.20. The fraction of sp³-hybridized carbons (Fsp3) is 0.857. The molecule has 0 aromatic heterocycles. The lowest BCUT2D eigenvalue weighted by Gasteiger charge is -2.10. The van der Waals surface area contributed by atoms with Crippen LogP contribution in [0, 0.1) is 0 Å². The van der Waals surface area contributed by atoms with Gasteiger partial charge in [0.15, 0.2) is 0 Å². The van der Waals surface area contributed by atoms with Crippen molar-refractivity contribution in [3.8, 4) is 0 Å². The van der Waals surface area contributed by atoms with Gasteiger partial charge in [-0.25, -0.2) is 4.79 Å². The van der Waals surface area contributed by atoms with Crippen LogP contribution in [0.1, 0.15) is 13.3 Å². The average molecular weight is 160 g/mol. The molecule has 4 heteroatoms. The number of hydrogen-bond donors (Lipinski definition) is 1. The number of aliphatic hydroxyl groups is 1. The summed E-state index contributed by atoms with van der Waals surface area (Å²) >= 11 is 0. The summed E-state index contributed by atoms with van der Waals surface area (Å²) in [6, 6.07) is 0. The largest absolute Gasteiger partial charge is 0.458 e. The number of esters is 1. The minimum Gasteiger partial charge on any atom is -0.458 e. The molecule has 64 valence electrons. The van der Waals surface area contributed by atoms with Crippen molar-refractivity contribution in [2.24, 2.45) is 0 Å². The molecular weight excluding hydrogens is 148 g/mol. The zero-order chi connectivity index (χ0) is 8.27. The summed E-state index contributed by atoms with van der Waals surface area (Å²) in [5, 5.41) is 8.77. The molecule has 1 heterocycles. The summed E-state index contributed by atoms with van der Waals surface area (Å²) in [7, 11) is 0. The van der Waals surface area contributed by atoms with Crippen molar-refractivity contribution in [3.63, 3.8) is 0 Å². The average Bonchev–Trinajstić information content (AvgIpc) is 2.39. The monoisotopic (exact) mass is 160 g/mol. The third-order valence-corrected chi connectivity index (χ3v) is 1.51. The van der Waals surface area contributed by atoms with Crippen LogP contribution in [-0.2, 0) is 14.3 Å². The Morgan fingerprint density at radius 3 is 3.00 bits per heavy atom. The van der Waals surface area contributed by atoms with Crippen molar-refractivity contribution in [3.05, 3.63) is 0 Å². The molecule has 11 heavy (non-hydrogen) atoms. The van der Waals surface area contributed by atoms with E-state index in [-0.39, 0.29) is 6.10 Å².